The molecule has 3 nitrogen and oxygen atoms in total. The van der Waals surface area contributed by atoms with Crippen LogP contribution < -0.4 is 10.2 Å². The molecule has 0 fully saturated rings. The van der Waals surface area contributed by atoms with Gasteiger partial charge in [-0.2, -0.15) is 0 Å². The lowest BCUT2D eigenvalue weighted by molar-refractivity contribution is 0.255. The van der Waals surface area contributed by atoms with Crippen LogP contribution in [0.2, 0.25) is 0 Å². The van der Waals surface area contributed by atoms with E-state index in [0.717, 1.165) is 28.9 Å². The summed E-state index contributed by atoms with van der Waals surface area (Å²) in [6.45, 7) is 8.24. The van der Waals surface area contributed by atoms with Gasteiger partial charge in [0.05, 0.1) is 0 Å². The largest absolute Gasteiger partial charge is 0.326 e. The zero-order valence-corrected chi connectivity index (χ0v) is 13.6. The maximum Gasteiger partial charge on any atom is 0.326 e. The van der Waals surface area contributed by atoms with Gasteiger partial charge in [-0.15, -0.1) is 0 Å². The van der Waals surface area contributed by atoms with Gasteiger partial charge in [-0.25, -0.2) is 4.79 Å². The number of nitrogens with one attached hydrogen (secondary N) is 1. The van der Waals surface area contributed by atoms with Crippen LogP contribution in [0.3, 0.4) is 0 Å². The van der Waals surface area contributed by atoms with Gasteiger partial charge < -0.3 is 5.32 Å². The number of hydrogen-bond donors (Lipinski definition) is 1. The normalized spacial score (nSPS) is 16.5. The topological polar surface area (TPSA) is 32.3 Å². The summed E-state index contributed by atoms with van der Waals surface area (Å²) in [6, 6.07) is 12.5. The second-order valence-corrected chi connectivity index (χ2v) is 6.26. The first-order valence-corrected chi connectivity index (χ1v) is 7.73. The molecule has 1 atom stereocenters. The number of hydrogen-bond acceptors (Lipinski definition) is 1. The fourth-order valence-electron chi connectivity index (χ4n) is 3.42. The summed E-state index contributed by atoms with van der Waals surface area (Å²) in [5.41, 5.74) is 6.61. The molecule has 1 N–H and O–H groups in total. The quantitative estimate of drug-likeness (QED) is 0.819. The maximum absolute atomic E-state index is 12.8. The van der Waals surface area contributed by atoms with Crippen molar-refractivity contribution in [2.24, 2.45) is 0 Å². The highest BCUT2D eigenvalue weighted by atomic mass is 16.2. The highest BCUT2D eigenvalue weighted by Gasteiger charge is 2.30. The molecule has 0 saturated heterocycles. The van der Waals surface area contributed by atoms with Crippen molar-refractivity contribution in [2.75, 3.05) is 10.2 Å². The molecule has 2 aromatic carbocycles. The summed E-state index contributed by atoms with van der Waals surface area (Å²) in [4.78, 5) is 14.7. The summed E-state index contributed by atoms with van der Waals surface area (Å²) in [7, 11) is 0. The number of amides is 2. The average Bonchev–Trinajstić information content (AvgIpc) is 2.78. The molecule has 114 valence electrons. The molecular weight excluding hydrogens is 272 g/mol. The van der Waals surface area contributed by atoms with Crippen LogP contribution in [0.4, 0.5) is 16.2 Å². The van der Waals surface area contributed by atoms with Crippen molar-refractivity contribution < 1.29 is 4.79 Å². The SMILES string of the molecule is Cc1cc(C)c(NC(=O)N2c3ccccc3CC2C)c(C)c1. The van der Waals surface area contributed by atoms with Gasteiger partial charge in [-0.3, -0.25) is 4.90 Å². The smallest absolute Gasteiger partial charge is 0.307 e. The summed E-state index contributed by atoms with van der Waals surface area (Å²) in [5, 5.41) is 3.11. The van der Waals surface area contributed by atoms with Crippen molar-refractivity contribution in [2.45, 2.75) is 40.2 Å². The van der Waals surface area contributed by atoms with E-state index < -0.39 is 0 Å². The van der Waals surface area contributed by atoms with Crippen LogP contribution in [-0.4, -0.2) is 12.1 Å². The lowest BCUT2D eigenvalue weighted by atomic mass is 10.1. The van der Waals surface area contributed by atoms with Gasteiger partial charge in [0.1, 0.15) is 0 Å². The van der Waals surface area contributed by atoms with Crippen LogP contribution in [0.15, 0.2) is 36.4 Å². The molecule has 3 rings (SSSR count). The Labute approximate surface area is 132 Å². The summed E-state index contributed by atoms with van der Waals surface area (Å²) in [6.07, 6.45) is 0.912. The van der Waals surface area contributed by atoms with Gasteiger partial charge in [0, 0.05) is 17.4 Å². The molecule has 0 bridgehead atoms. The molecule has 0 aromatic heterocycles. The number of benzene rings is 2. The zero-order valence-electron chi connectivity index (χ0n) is 13.6. The van der Waals surface area contributed by atoms with E-state index in [1.807, 2.05) is 36.9 Å². The number of fused-ring (bicyclic) bond motifs is 1. The summed E-state index contributed by atoms with van der Waals surface area (Å²) >= 11 is 0. The van der Waals surface area contributed by atoms with E-state index in [-0.39, 0.29) is 12.1 Å². The van der Waals surface area contributed by atoms with Crippen molar-refractivity contribution in [1.82, 2.24) is 0 Å². The van der Waals surface area contributed by atoms with Gasteiger partial charge in [0.25, 0.3) is 0 Å². The molecule has 1 heterocycles. The second kappa shape index (κ2) is 5.48. The number of para-hydroxylation sites is 1. The maximum atomic E-state index is 12.8. The molecule has 2 aromatic rings. The Morgan fingerprint density at radius 3 is 2.45 bits per heavy atom. The van der Waals surface area contributed by atoms with Gasteiger partial charge in [0.15, 0.2) is 0 Å². The molecule has 0 radical (unpaired) electrons. The minimum Gasteiger partial charge on any atom is -0.307 e. The number of rotatable bonds is 1. The fourth-order valence-corrected chi connectivity index (χ4v) is 3.42. The summed E-state index contributed by atoms with van der Waals surface area (Å²) < 4.78 is 0. The van der Waals surface area contributed by atoms with Gasteiger partial charge in [-0.1, -0.05) is 35.9 Å². The van der Waals surface area contributed by atoms with E-state index >= 15 is 0 Å². The van der Waals surface area contributed by atoms with Crippen molar-refractivity contribution in [3.8, 4) is 0 Å². The Hall–Kier alpha value is -2.29. The van der Waals surface area contributed by atoms with Crippen LogP contribution >= 0.6 is 0 Å². The van der Waals surface area contributed by atoms with Crippen LogP contribution in [0.1, 0.15) is 29.2 Å². The van der Waals surface area contributed by atoms with Crippen LogP contribution in [0, 0.1) is 20.8 Å². The number of urea groups is 1. The number of anilines is 2. The Morgan fingerprint density at radius 1 is 1.14 bits per heavy atom. The van der Waals surface area contributed by atoms with E-state index in [4.69, 9.17) is 0 Å². The van der Waals surface area contributed by atoms with Crippen molar-refractivity contribution in [3.63, 3.8) is 0 Å². The highest BCUT2D eigenvalue weighted by Crippen LogP contribution is 2.33. The van der Waals surface area contributed by atoms with Gasteiger partial charge >= 0.3 is 6.03 Å². The lowest BCUT2D eigenvalue weighted by Crippen LogP contribution is -2.39. The van der Waals surface area contributed by atoms with Crippen molar-refractivity contribution >= 4 is 17.4 Å². The molecular formula is C19H22N2O. The molecule has 0 saturated carbocycles. The monoisotopic (exact) mass is 294 g/mol. The Kier molecular flexibility index (Phi) is 3.65. The Bertz CT molecular complexity index is 713. The first-order valence-electron chi connectivity index (χ1n) is 7.73. The highest BCUT2D eigenvalue weighted by molar-refractivity contribution is 6.04. The second-order valence-electron chi connectivity index (χ2n) is 6.26. The van der Waals surface area contributed by atoms with E-state index in [0.29, 0.717) is 0 Å². The van der Waals surface area contributed by atoms with Crippen LogP contribution in [0.25, 0.3) is 0 Å². The third-order valence-corrected chi connectivity index (χ3v) is 4.34. The molecule has 22 heavy (non-hydrogen) atoms. The van der Waals surface area contributed by atoms with Gasteiger partial charge in [0.2, 0.25) is 0 Å². The molecule has 0 spiro atoms. The fraction of sp³-hybridized carbons (Fsp3) is 0.316. The molecule has 1 unspecified atom stereocenters. The molecule has 1 aliphatic heterocycles. The van der Waals surface area contributed by atoms with E-state index in [9.17, 15) is 4.79 Å². The molecule has 1 aliphatic rings. The predicted octanol–water partition coefficient (Wildman–Crippen LogP) is 4.59. The van der Waals surface area contributed by atoms with E-state index in [1.54, 1.807) is 0 Å². The third kappa shape index (κ3) is 2.47. The van der Waals surface area contributed by atoms with E-state index in [2.05, 4.69) is 37.4 Å². The first-order chi connectivity index (χ1) is 10.5. The number of aryl methyl sites for hydroxylation is 3. The minimum atomic E-state index is -0.0486. The van der Waals surface area contributed by atoms with Crippen LogP contribution in [-0.2, 0) is 6.42 Å². The first kappa shape index (κ1) is 14.6. The Morgan fingerprint density at radius 2 is 1.77 bits per heavy atom. The molecule has 2 amide bonds. The summed E-state index contributed by atoms with van der Waals surface area (Å²) in [5.74, 6) is 0. The van der Waals surface area contributed by atoms with Crippen molar-refractivity contribution in [3.05, 3.63) is 58.7 Å². The number of carbonyl (C=O) groups is 1. The van der Waals surface area contributed by atoms with Crippen LogP contribution in [0.5, 0.6) is 0 Å². The van der Waals surface area contributed by atoms with E-state index in [1.165, 1.54) is 11.1 Å². The minimum absolute atomic E-state index is 0.0486. The average molecular weight is 294 g/mol. The zero-order chi connectivity index (χ0) is 15.9. The molecule has 0 aliphatic carbocycles. The predicted molar refractivity (Wildman–Crippen MR) is 91.8 cm³/mol. The number of nitrogens with zero attached hydrogens (tertiary/aromatic N) is 1. The Balaban J connectivity index is 1.90. The number of carbonyl (C=O) groups excluding carboxylic acids is 1. The van der Waals surface area contributed by atoms with Crippen molar-refractivity contribution in [1.29, 1.82) is 0 Å². The molecule has 3 heteroatoms. The standard InChI is InChI=1S/C19H22N2O/c1-12-9-13(2)18(14(3)10-12)20-19(22)21-15(4)11-16-7-5-6-8-17(16)21/h5-10,15H,11H2,1-4H3,(H,20,22). The lowest BCUT2D eigenvalue weighted by Gasteiger charge is -2.24. The van der Waals surface area contributed by atoms with Gasteiger partial charge in [-0.05, 0) is 56.9 Å². The third-order valence-electron chi connectivity index (χ3n) is 4.34.